The lowest BCUT2D eigenvalue weighted by atomic mass is 10.3. The van der Waals surface area contributed by atoms with Crippen molar-refractivity contribution >= 4 is 29.1 Å². The zero-order valence-electron chi connectivity index (χ0n) is 6.88. The number of carbonyl (C=O) groups is 2. The van der Waals surface area contributed by atoms with Crippen LogP contribution in [0.4, 0.5) is 10.1 Å². The number of halogens is 2. The van der Waals surface area contributed by atoms with E-state index < -0.39 is 17.6 Å². The molecule has 0 aliphatic heterocycles. The first-order valence-corrected chi connectivity index (χ1v) is 3.94. The van der Waals surface area contributed by atoms with E-state index in [9.17, 15) is 14.0 Å². The van der Waals surface area contributed by atoms with Crippen molar-refractivity contribution in [2.45, 2.75) is 0 Å². The Morgan fingerprint density at radius 2 is 2.07 bits per heavy atom. The van der Waals surface area contributed by atoms with Gasteiger partial charge < -0.3 is 11.1 Å². The van der Waals surface area contributed by atoms with Crippen LogP contribution in [0.5, 0.6) is 0 Å². The fraction of sp³-hybridized carbons (Fsp3) is 0. The van der Waals surface area contributed by atoms with Crippen LogP contribution in [-0.2, 0) is 9.59 Å². The minimum absolute atomic E-state index is 0.0675. The van der Waals surface area contributed by atoms with Crippen molar-refractivity contribution in [3.8, 4) is 0 Å². The number of nitrogens with two attached hydrogens (primary N) is 1. The molecule has 0 atom stereocenters. The van der Waals surface area contributed by atoms with Gasteiger partial charge in [-0.15, -0.1) is 0 Å². The van der Waals surface area contributed by atoms with E-state index in [2.05, 4.69) is 11.1 Å². The monoisotopic (exact) mass is 216 g/mol. The molecule has 0 fully saturated rings. The van der Waals surface area contributed by atoms with Crippen LogP contribution in [0.3, 0.4) is 0 Å². The van der Waals surface area contributed by atoms with Crippen molar-refractivity contribution in [2.24, 2.45) is 5.73 Å². The van der Waals surface area contributed by atoms with Gasteiger partial charge >= 0.3 is 11.8 Å². The summed E-state index contributed by atoms with van der Waals surface area (Å²) in [5.41, 5.74) is 4.80. The number of primary amides is 1. The Hall–Kier alpha value is -1.62. The Bertz CT molecular complexity index is 395. The topological polar surface area (TPSA) is 72.2 Å². The molecule has 0 aliphatic rings. The lowest BCUT2D eigenvalue weighted by Gasteiger charge is -2.02. The maximum absolute atomic E-state index is 12.8. The van der Waals surface area contributed by atoms with Gasteiger partial charge in [-0.2, -0.15) is 0 Å². The van der Waals surface area contributed by atoms with Crippen LogP contribution in [0.25, 0.3) is 0 Å². The van der Waals surface area contributed by atoms with Gasteiger partial charge in [-0.1, -0.05) is 11.6 Å². The first-order chi connectivity index (χ1) is 6.50. The van der Waals surface area contributed by atoms with Gasteiger partial charge in [-0.05, 0) is 18.2 Å². The van der Waals surface area contributed by atoms with Gasteiger partial charge in [0.15, 0.2) is 0 Å². The Balaban J connectivity index is 2.83. The first kappa shape index (κ1) is 10.5. The van der Waals surface area contributed by atoms with Crippen molar-refractivity contribution < 1.29 is 14.0 Å². The molecule has 0 saturated heterocycles. The third-order valence-corrected chi connectivity index (χ3v) is 1.71. The van der Waals surface area contributed by atoms with E-state index in [0.29, 0.717) is 0 Å². The van der Waals surface area contributed by atoms with Crippen molar-refractivity contribution in [2.75, 3.05) is 5.32 Å². The van der Waals surface area contributed by atoms with Gasteiger partial charge in [0.1, 0.15) is 5.82 Å². The molecule has 0 aliphatic carbocycles. The zero-order valence-corrected chi connectivity index (χ0v) is 7.64. The van der Waals surface area contributed by atoms with E-state index in [0.717, 1.165) is 6.07 Å². The molecule has 0 unspecified atom stereocenters. The Labute approximate surface area is 83.8 Å². The molecule has 0 heterocycles. The quantitative estimate of drug-likeness (QED) is 0.685. The average Bonchev–Trinajstić information content (AvgIpc) is 2.11. The first-order valence-electron chi connectivity index (χ1n) is 3.56. The highest BCUT2D eigenvalue weighted by atomic mass is 35.5. The predicted octanol–water partition coefficient (Wildman–Crippen LogP) is 0.903. The van der Waals surface area contributed by atoms with Crippen LogP contribution < -0.4 is 11.1 Å². The summed E-state index contributed by atoms with van der Waals surface area (Å²) in [6.45, 7) is 0. The van der Waals surface area contributed by atoms with Gasteiger partial charge in [0.05, 0.1) is 5.02 Å². The van der Waals surface area contributed by atoms with Gasteiger partial charge in [-0.3, -0.25) is 9.59 Å². The number of rotatable bonds is 1. The summed E-state index contributed by atoms with van der Waals surface area (Å²) in [6, 6.07) is 3.60. The number of benzene rings is 1. The largest absolute Gasteiger partial charge is 0.361 e. The maximum atomic E-state index is 12.8. The second-order valence-corrected chi connectivity index (χ2v) is 2.85. The molecule has 1 aromatic carbocycles. The SMILES string of the molecule is NC(=O)C(=O)Nc1ccc(Cl)c(F)c1. The van der Waals surface area contributed by atoms with Gasteiger partial charge in [0, 0.05) is 5.69 Å². The van der Waals surface area contributed by atoms with E-state index in [1.807, 2.05) is 0 Å². The normalized spacial score (nSPS) is 9.57. The minimum atomic E-state index is -1.14. The summed E-state index contributed by atoms with van der Waals surface area (Å²) in [5, 5.41) is 2.03. The number of hydrogen-bond acceptors (Lipinski definition) is 2. The van der Waals surface area contributed by atoms with E-state index >= 15 is 0 Å². The molecule has 6 heteroatoms. The molecule has 0 radical (unpaired) electrons. The smallest absolute Gasteiger partial charge is 0.313 e. The maximum Gasteiger partial charge on any atom is 0.313 e. The van der Waals surface area contributed by atoms with Crippen LogP contribution in [-0.4, -0.2) is 11.8 Å². The standard InChI is InChI=1S/C8H6ClFN2O2/c9-5-2-1-4(3-6(5)10)12-8(14)7(11)13/h1-3H,(H2,11,13)(H,12,14). The number of amides is 2. The van der Waals surface area contributed by atoms with Crippen LogP contribution in [0, 0.1) is 5.82 Å². The molecule has 1 rings (SSSR count). The molecule has 0 bridgehead atoms. The summed E-state index contributed by atoms with van der Waals surface area (Å²) in [5.74, 6) is -2.83. The van der Waals surface area contributed by atoms with Crippen molar-refractivity contribution in [3.63, 3.8) is 0 Å². The Morgan fingerprint density at radius 3 is 2.57 bits per heavy atom. The Morgan fingerprint density at radius 1 is 1.43 bits per heavy atom. The van der Waals surface area contributed by atoms with Crippen LogP contribution in [0.1, 0.15) is 0 Å². The predicted molar refractivity (Wildman–Crippen MR) is 49.2 cm³/mol. The summed E-state index contributed by atoms with van der Waals surface area (Å²) < 4.78 is 12.8. The highest BCUT2D eigenvalue weighted by molar-refractivity contribution is 6.39. The third-order valence-electron chi connectivity index (χ3n) is 1.40. The van der Waals surface area contributed by atoms with Crippen LogP contribution in [0.2, 0.25) is 5.02 Å². The van der Waals surface area contributed by atoms with Gasteiger partial charge in [0.2, 0.25) is 0 Å². The lowest BCUT2D eigenvalue weighted by Crippen LogP contribution is -2.29. The zero-order chi connectivity index (χ0) is 10.7. The molecule has 3 N–H and O–H groups in total. The van der Waals surface area contributed by atoms with E-state index in [1.54, 1.807) is 0 Å². The van der Waals surface area contributed by atoms with Crippen molar-refractivity contribution in [3.05, 3.63) is 29.0 Å². The van der Waals surface area contributed by atoms with E-state index in [1.165, 1.54) is 12.1 Å². The molecule has 2 amide bonds. The molecule has 1 aromatic rings. The lowest BCUT2D eigenvalue weighted by molar-refractivity contribution is -0.134. The molecule has 0 aromatic heterocycles. The Kier molecular flexibility index (Phi) is 3.03. The number of hydrogen-bond donors (Lipinski definition) is 2. The van der Waals surface area contributed by atoms with E-state index in [-0.39, 0.29) is 10.7 Å². The summed E-state index contributed by atoms with van der Waals surface area (Å²) in [7, 11) is 0. The molecule has 14 heavy (non-hydrogen) atoms. The molecule has 4 nitrogen and oxygen atoms in total. The average molecular weight is 217 g/mol. The molecule has 74 valence electrons. The fourth-order valence-corrected chi connectivity index (χ4v) is 0.884. The molecular formula is C8H6ClFN2O2. The minimum Gasteiger partial charge on any atom is -0.361 e. The highest BCUT2D eigenvalue weighted by Gasteiger charge is 2.09. The van der Waals surface area contributed by atoms with Gasteiger partial charge in [0.25, 0.3) is 0 Å². The summed E-state index contributed by atoms with van der Waals surface area (Å²) in [4.78, 5) is 21.1. The molecule has 0 saturated carbocycles. The second kappa shape index (κ2) is 4.06. The summed E-state index contributed by atoms with van der Waals surface area (Å²) in [6.07, 6.45) is 0. The van der Waals surface area contributed by atoms with Crippen molar-refractivity contribution in [1.29, 1.82) is 0 Å². The number of nitrogens with one attached hydrogen (secondary N) is 1. The molecule has 0 spiro atoms. The van der Waals surface area contributed by atoms with Gasteiger partial charge in [-0.25, -0.2) is 4.39 Å². The van der Waals surface area contributed by atoms with E-state index in [4.69, 9.17) is 11.6 Å². The molecular weight excluding hydrogens is 211 g/mol. The highest BCUT2D eigenvalue weighted by Crippen LogP contribution is 2.18. The van der Waals surface area contributed by atoms with Crippen molar-refractivity contribution in [1.82, 2.24) is 0 Å². The fourth-order valence-electron chi connectivity index (χ4n) is 0.767. The second-order valence-electron chi connectivity index (χ2n) is 2.45. The summed E-state index contributed by atoms with van der Waals surface area (Å²) >= 11 is 5.40. The number of carbonyl (C=O) groups excluding carboxylic acids is 2. The third kappa shape index (κ3) is 2.43. The van der Waals surface area contributed by atoms with Crippen LogP contribution in [0.15, 0.2) is 18.2 Å². The number of anilines is 1. The van der Waals surface area contributed by atoms with Crippen LogP contribution >= 0.6 is 11.6 Å².